The van der Waals surface area contributed by atoms with Gasteiger partial charge in [-0.15, -0.1) is 0 Å². The van der Waals surface area contributed by atoms with Crippen LogP contribution >= 0.6 is 0 Å². The predicted octanol–water partition coefficient (Wildman–Crippen LogP) is 3.91. The molecule has 0 spiro atoms. The third-order valence-corrected chi connectivity index (χ3v) is 4.99. The molecule has 0 amide bonds. The molecule has 1 fully saturated rings. The Morgan fingerprint density at radius 3 is 2.81 bits per heavy atom. The van der Waals surface area contributed by atoms with Crippen molar-refractivity contribution < 1.29 is 4.42 Å². The molecule has 1 saturated carbocycles. The van der Waals surface area contributed by atoms with Gasteiger partial charge in [-0.1, -0.05) is 27.7 Å². The van der Waals surface area contributed by atoms with Crippen molar-refractivity contribution in [2.24, 2.45) is 11.3 Å². The van der Waals surface area contributed by atoms with E-state index < -0.39 is 0 Å². The molecule has 1 aliphatic carbocycles. The van der Waals surface area contributed by atoms with E-state index in [1.807, 2.05) is 6.07 Å². The summed E-state index contributed by atoms with van der Waals surface area (Å²) in [6.07, 6.45) is 5.65. The van der Waals surface area contributed by atoms with Crippen LogP contribution in [0.2, 0.25) is 0 Å². The van der Waals surface area contributed by atoms with E-state index >= 15 is 0 Å². The van der Waals surface area contributed by atoms with Crippen LogP contribution in [0, 0.1) is 11.3 Å². The van der Waals surface area contributed by atoms with E-state index in [2.05, 4.69) is 44.0 Å². The molecule has 3 nitrogen and oxygen atoms in total. The van der Waals surface area contributed by atoms with Crippen LogP contribution in [0.5, 0.6) is 0 Å². The zero-order valence-electron chi connectivity index (χ0n) is 14.2. The van der Waals surface area contributed by atoms with Crippen molar-refractivity contribution in [2.45, 2.75) is 59.5 Å². The van der Waals surface area contributed by atoms with Gasteiger partial charge in [0.1, 0.15) is 5.76 Å². The van der Waals surface area contributed by atoms with Crippen molar-refractivity contribution in [3.8, 4) is 0 Å². The van der Waals surface area contributed by atoms with Crippen LogP contribution < -0.4 is 5.32 Å². The molecule has 1 N–H and O–H groups in total. The van der Waals surface area contributed by atoms with Crippen molar-refractivity contribution in [3.05, 3.63) is 24.2 Å². The number of furan rings is 1. The van der Waals surface area contributed by atoms with Crippen LogP contribution in [0.25, 0.3) is 0 Å². The summed E-state index contributed by atoms with van der Waals surface area (Å²) < 4.78 is 5.51. The van der Waals surface area contributed by atoms with Gasteiger partial charge < -0.3 is 9.73 Å². The van der Waals surface area contributed by atoms with Crippen LogP contribution in [-0.4, -0.2) is 30.6 Å². The standard InChI is InChI=1S/C18H32N2O/c1-5-11-19-17-15(9-10-18(17,3)4)13-20(6-2)14-16-8-7-12-21-16/h7-8,12,15,17,19H,5-6,9-11,13-14H2,1-4H3. The molecule has 1 aromatic heterocycles. The second-order valence-electron chi connectivity index (χ2n) is 7.13. The lowest BCUT2D eigenvalue weighted by Crippen LogP contribution is -2.45. The lowest BCUT2D eigenvalue weighted by molar-refractivity contribution is 0.176. The van der Waals surface area contributed by atoms with Crippen LogP contribution in [-0.2, 0) is 6.54 Å². The Kier molecular flexibility index (Phi) is 5.88. The summed E-state index contributed by atoms with van der Waals surface area (Å²) in [7, 11) is 0. The molecule has 2 rings (SSSR count). The summed E-state index contributed by atoms with van der Waals surface area (Å²) >= 11 is 0. The smallest absolute Gasteiger partial charge is 0.117 e. The first-order chi connectivity index (χ1) is 10.1. The Balaban J connectivity index is 1.95. The second kappa shape index (κ2) is 7.46. The molecule has 0 bridgehead atoms. The number of hydrogen-bond donors (Lipinski definition) is 1. The average Bonchev–Trinajstić information content (AvgIpc) is 3.05. The lowest BCUT2D eigenvalue weighted by atomic mass is 9.84. The van der Waals surface area contributed by atoms with Gasteiger partial charge in [0.2, 0.25) is 0 Å². The van der Waals surface area contributed by atoms with E-state index in [-0.39, 0.29) is 0 Å². The molecule has 3 heteroatoms. The molecule has 0 radical (unpaired) electrons. The van der Waals surface area contributed by atoms with Gasteiger partial charge in [-0.05, 0) is 55.8 Å². The minimum absolute atomic E-state index is 0.421. The van der Waals surface area contributed by atoms with Gasteiger partial charge in [-0.25, -0.2) is 0 Å². The molecular weight excluding hydrogens is 260 g/mol. The molecule has 0 saturated heterocycles. The van der Waals surface area contributed by atoms with E-state index in [1.165, 1.54) is 25.8 Å². The SMILES string of the molecule is CCCNC1C(CN(CC)Cc2ccco2)CCC1(C)C. The summed E-state index contributed by atoms with van der Waals surface area (Å²) in [5, 5.41) is 3.81. The van der Waals surface area contributed by atoms with Gasteiger partial charge in [-0.3, -0.25) is 4.90 Å². The summed E-state index contributed by atoms with van der Waals surface area (Å²) in [4.78, 5) is 2.52. The quantitative estimate of drug-likeness (QED) is 0.787. The molecule has 2 atom stereocenters. The Morgan fingerprint density at radius 2 is 2.19 bits per heavy atom. The summed E-state index contributed by atoms with van der Waals surface area (Å²) in [5.41, 5.74) is 0.421. The number of hydrogen-bond acceptors (Lipinski definition) is 3. The molecule has 1 aliphatic rings. The largest absolute Gasteiger partial charge is 0.468 e. The van der Waals surface area contributed by atoms with Crippen molar-refractivity contribution in [2.75, 3.05) is 19.6 Å². The highest BCUT2D eigenvalue weighted by Crippen LogP contribution is 2.41. The molecular formula is C18H32N2O. The Morgan fingerprint density at radius 1 is 1.38 bits per heavy atom. The topological polar surface area (TPSA) is 28.4 Å². The summed E-state index contributed by atoms with van der Waals surface area (Å²) in [5.74, 6) is 1.83. The Hall–Kier alpha value is -0.800. The fraction of sp³-hybridized carbons (Fsp3) is 0.778. The normalized spacial score (nSPS) is 24.8. The van der Waals surface area contributed by atoms with E-state index in [4.69, 9.17) is 4.42 Å². The average molecular weight is 292 g/mol. The molecule has 0 aromatic carbocycles. The maximum atomic E-state index is 5.51. The minimum atomic E-state index is 0.421. The van der Waals surface area contributed by atoms with E-state index in [9.17, 15) is 0 Å². The zero-order chi connectivity index (χ0) is 15.3. The molecule has 21 heavy (non-hydrogen) atoms. The molecule has 0 aliphatic heterocycles. The van der Waals surface area contributed by atoms with Gasteiger partial charge in [-0.2, -0.15) is 0 Å². The highest BCUT2D eigenvalue weighted by atomic mass is 16.3. The third kappa shape index (κ3) is 4.33. The molecule has 1 aromatic rings. The zero-order valence-corrected chi connectivity index (χ0v) is 14.2. The van der Waals surface area contributed by atoms with Crippen LogP contribution in [0.1, 0.15) is 52.7 Å². The van der Waals surface area contributed by atoms with Crippen molar-refractivity contribution in [3.63, 3.8) is 0 Å². The first-order valence-corrected chi connectivity index (χ1v) is 8.55. The van der Waals surface area contributed by atoms with Crippen molar-refractivity contribution in [1.29, 1.82) is 0 Å². The van der Waals surface area contributed by atoms with Gasteiger partial charge in [0.05, 0.1) is 12.8 Å². The second-order valence-corrected chi connectivity index (χ2v) is 7.13. The monoisotopic (exact) mass is 292 g/mol. The minimum Gasteiger partial charge on any atom is -0.468 e. The van der Waals surface area contributed by atoms with Crippen LogP contribution in [0.4, 0.5) is 0 Å². The summed E-state index contributed by atoms with van der Waals surface area (Å²) in [6, 6.07) is 4.70. The molecule has 2 unspecified atom stereocenters. The van der Waals surface area contributed by atoms with Gasteiger partial charge in [0, 0.05) is 12.6 Å². The maximum Gasteiger partial charge on any atom is 0.117 e. The number of nitrogens with zero attached hydrogens (tertiary/aromatic N) is 1. The fourth-order valence-corrected chi connectivity index (χ4v) is 3.72. The van der Waals surface area contributed by atoms with E-state index in [0.29, 0.717) is 11.5 Å². The highest BCUT2D eigenvalue weighted by Gasteiger charge is 2.41. The Bertz CT molecular complexity index is 399. The van der Waals surface area contributed by atoms with Gasteiger partial charge in [0.15, 0.2) is 0 Å². The van der Waals surface area contributed by atoms with E-state index in [0.717, 1.165) is 31.3 Å². The first kappa shape index (κ1) is 16.6. The van der Waals surface area contributed by atoms with Crippen molar-refractivity contribution >= 4 is 0 Å². The summed E-state index contributed by atoms with van der Waals surface area (Å²) in [6.45, 7) is 13.7. The van der Waals surface area contributed by atoms with Crippen LogP contribution in [0.3, 0.4) is 0 Å². The number of nitrogens with one attached hydrogen (secondary N) is 1. The third-order valence-electron chi connectivity index (χ3n) is 4.99. The lowest BCUT2D eigenvalue weighted by Gasteiger charge is -2.34. The highest BCUT2D eigenvalue weighted by molar-refractivity contribution is 5.00. The fourth-order valence-electron chi connectivity index (χ4n) is 3.72. The van der Waals surface area contributed by atoms with Crippen LogP contribution in [0.15, 0.2) is 22.8 Å². The molecule has 120 valence electrons. The number of rotatable bonds is 8. The first-order valence-electron chi connectivity index (χ1n) is 8.55. The predicted molar refractivity (Wildman–Crippen MR) is 88.2 cm³/mol. The Labute approximate surface area is 130 Å². The van der Waals surface area contributed by atoms with E-state index in [1.54, 1.807) is 6.26 Å². The van der Waals surface area contributed by atoms with Gasteiger partial charge >= 0.3 is 0 Å². The maximum absolute atomic E-state index is 5.51. The molecule has 1 heterocycles. The van der Waals surface area contributed by atoms with Gasteiger partial charge in [0.25, 0.3) is 0 Å². The van der Waals surface area contributed by atoms with Crippen molar-refractivity contribution in [1.82, 2.24) is 10.2 Å².